The number of nitrogens with zero attached hydrogens (tertiary/aromatic N) is 4. The molecule has 2 rings (SSSR count). The molecule has 0 unspecified atom stereocenters. The molecule has 0 aliphatic heterocycles. The van der Waals surface area contributed by atoms with E-state index in [0.717, 1.165) is 17.0 Å². The first kappa shape index (κ1) is 14.1. The maximum atomic E-state index is 10.3. The molecule has 0 radical (unpaired) electrons. The number of hydrogen-bond donors (Lipinski definition) is 1. The van der Waals surface area contributed by atoms with E-state index in [1.54, 1.807) is 0 Å². The summed E-state index contributed by atoms with van der Waals surface area (Å²) in [5.41, 5.74) is 2.24. The molecule has 2 heterocycles. The lowest BCUT2D eigenvalue weighted by Crippen LogP contribution is -2.06. The second kappa shape index (κ2) is 6.20. The van der Waals surface area contributed by atoms with Crippen molar-refractivity contribution in [2.24, 2.45) is 0 Å². The fraction of sp³-hybridized carbons (Fsp3) is 0.417. The van der Waals surface area contributed by atoms with E-state index in [9.17, 15) is 4.79 Å². The lowest BCUT2D eigenvalue weighted by molar-refractivity contribution is -0.142. The highest BCUT2D eigenvalue weighted by Crippen LogP contribution is 2.22. The van der Waals surface area contributed by atoms with Crippen LogP contribution in [-0.2, 0) is 22.6 Å². The molecule has 0 aliphatic carbocycles. The molecule has 1 N–H and O–H groups in total. The van der Waals surface area contributed by atoms with Crippen LogP contribution in [0.4, 0.5) is 0 Å². The monoisotopic (exact) mass is 278 g/mol. The smallest absolute Gasteiger partial charge is 0.329 e. The number of carboxylic acids is 1. The van der Waals surface area contributed by atoms with Gasteiger partial charge in [-0.25, -0.2) is 4.79 Å². The third-order valence-corrected chi connectivity index (χ3v) is 2.48. The maximum Gasteiger partial charge on any atom is 0.329 e. The van der Waals surface area contributed by atoms with Gasteiger partial charge in [-0.15, -0.1) is 10.2 Å². The van der Waals surface area contributed by atoms with Gasteiger partial charge in [0.2, 0.25) is 11.8 Å². The van der Waals surface area contributed by atoms with Crippen LogP contribution in [0.2, 0.25) is 0 Å². The number of carboxylic acid groups (broad SMARTS) is 1. The highest BCUT2D eigenvalue weighted by atomic mass is 16.5. The van der Waals surface area contributed by atoms with E-state index in [0.29, 0.717) is 12.3 Å². The first-order valence-corrected chi connectivity index (χ1v) is 6.05. The van der Waals surface area contributed by atoms with E-state index >= 15 is 0 Å². The highest BCUT2D eigenvalue weighted by molar-refractivity contribution is 5.67. The zero-order valence-electron chi connectivity index (χ0n) is 11.2. The summed E-state index contributed by atoms with van der Waals surface area (Å²) in [6.45, 7) is 3.32. The molecule has 2 aromatic heterocycles. The van der Waals surface area contributed by atoms with Crippen molar-refractivity contribution in [1.82, 2.24) is 20.4 Å². The van der Waals surface area contributed by atoms with E-state index in [-0.39, 0.29) is 12.5 Å². The minimum atomic E-state index is -1.05. The Bertz CT molecular complexity index is 611. The van der Waals surface area contributed by atoms with Gasteiger partial charge in [-0.1, -0.05) is 6.92 Å². The molecular weight excluding hydrogens is 264 g/mol. The van der Waals surface area contributed by atoms with Gasteiger partial charge in [-0.3, -0.25) is 0 Å². The van der Waals surface area contributed by atoms with Crippen LogP contribution in [0.15, 0.2) is 10.5 Å². The molecule has 0 aromatic carbocycles. The van der Waals surface area contributed by atoms with Gasteiger partial charge in [0.05, 0.1) is 17.0 Å². The molecule has 0 aliphatic rings. The normalized spacial score (nSPS) is 10.7. The van der Waals surface area contributed by atoms with Gasteiger partial charge >= 0.3 is 5.97 Å². The van der Waals surface area contributed by atoms with Crippen molar-refractivity contribution >= 4 is 5.97 Å². The average molecular weight is 278 g/mol. The van der Waals surface area contributed by atoms with E-state index in [2.05, 4.69) is 20.4 Å². The van der Waals surface area contributed by atoms with Crippen LogP contribution in [-0.4, -0.2) is 38.1 Å². The van der Waals surface area contributed by atoms with E-state index in [1.807, 2.05) is 19.9 Å². The Hall–Kier alpha value is -2.35. The third kappa shape index (κ3) is 3.35. The van der Waals surface area contributed by atoms with Crippen molar-refractivity contribution in [1.29, 1.82) is 0 Å². The molecule has 8 nitrogen and oxygen atoms in total. The fourth-order valence-corrected chi connectivity index (χ4v) is 1.61. The Morgan fingerprint density at radius 2 is 2.15 bits per heavy atom. The van der Waals surface area contributed by atoms with Crippen molar-refractivity contribution in [3.63, 3.8) is 0 Å². The third-order valence-electron chi connectivity index (χ3n) is 2.48. The number of aryl methyl sites for hydroxylation is 2. The van der Waals surface area contributed by atoms with Crippen LogP contribution < -0.4 is 0 Å². The highest BCUT2D eigenvalue weighted by Gasteiger charge is 2.14. The summed E-state index contributed by atoms with van der Waals surface area (Å²) in [7, 11) is 0. The van der Waals surface area contributed by atoms with Crippen molar-refractivity contribution in [3.05, 3.63) is 23.3 Å². The summed E-state index contributed by atoms with van der Waals surface area (Å²) in [6, 6.07) is 1.82. The maximum absolute atomic E-state index is 10.3. The number of rotatable bonds is 6. The van der Waals surface area contributed by atoms with Gasteiger partial charge in [0.25, 0.3) is 0 Å². The van der Waals surface area contributed by atoms with Gasteiger partial charge in [-0.05, 0) is 19.4 Å². The minimum absolute atomic E-state index is 0.0434. The second-order valence-electron chi connectivity index (χ2n) is 4.09. The lowest BCUT2D eigenvalue weighted by atomic mass is 10.1. The molecule has 0 saturated heterocycles. The first-order valence-electron chi connectivity index (χ1n) is 6.05. The second-order valence-corrected chi connectivity index (χ2v) is 4.09. The van der Waals surface area contributed by atoms with Crippen LogP contribution >= 0.6 is 0 Å². The standard InChI is InChI=1S/C12H14N4O4/c1-3-9-8(4-7(2)13-14-9)12-16-15-10(20-12)5-19-6-11(17)18/h4H,3,5-6H2,1-2H3,(H,17,18). The van der Waals surface area contributed by atoms with Crippen LogP contribution in [0.3, 0.4) is 0 Å². The number of aromatic nitrogens is 4. The van der Waals surface area contributed by atoms with Gasteiger partial charge in [0, 0.05) is 0 Å². The summed E-state index contributed by atoms with van der Waals surface area (Å²) in [5.74, 6) is -0.501. The van der Waals surface area contributed by atoms with Crippen LogP contribution in [0.5, 0.6) is 0 Å². The number of hydrogen-bond acceptors (Lipinski definition) is 7. The molecule has 8 heteroatoms. The molecule has 0 atom stereocenters. The molecule has 0 spiro atoms. The molecular formula is C12H14N4O4. The summed E-state index contributed by atoms with van der Waals surface area (Å²) in [4.78, 5) is 10.3. The predicted molar refractivity (Wildman–Crippen MR) is 66.7 cm³/mol. The SMILES string of the molecule is CCc1nnc(C)cc1-c1nnc(COCC(=O)O)o1. The summed E-state index contributed by atoms with van der Waals surface area (Å²) in [6.07, 6.45) is 0.690. The zero-order valence-corrected chi connectivity index (χ0v) is 11.2. The lowest BCUT2D eigenvalue weighted by Gasteiger charge is -2.02. The molecule has 0 fully saturated rings. The molecule has 20 heavy (non-hydrogen) atoms. The summed E-state index contributed by atoms with van der Waals surface area (Å²) >= 11 is 0. The van der Waals surface area contributed by atoms with Crippen molar-refractivity contribution < 1.29 is 19.1 Å². The molecule has 0 bridgehead atoms. The Balaban J connectivity index is 2.16. The van der Waals surface area contributed by atoms with E-state index in [1.165, 1.54) is 0 Å². The molecule has 2 aromatic rings. The van der Waals surface area contributed by atoms with Crippen LogP contribution in [0.25, 0.3) is 11.5 Å². The quantitative estimate of drug-likeness (QED) is 0.832. The van der Waals surface area contributed by atoms with E-state index < -0.39 is 12.6 Å². The van der Waals surface area contributed by atoms with Crippen molar-refractivity contribution in [2.45, 2.75) is 26.9 Å². The minimum Gasteiger partial charge on any atom is -0.480 e. The van der Waals surface area contributed by atoms with Crippen molar-refractivity contribution in [2.75, 3.05) is 6.61 Å². The Kier molecular flexibility index (Phi) is 4.36. The largest absolute Gasteiger partial charge is 0.480 e. The Morgan fingerprint density at radius 1 is 1.35 bits per heavy atom. The number of ether oxygens (including phenoxy) is 1. The Morgan fingerprint density at radius 3 is 2.85 bits per heavy atom. The van der Waals surface area contributed by atoms with Crippen molar-refractivity contribution in [3.8, 4) is 11.5 Å². The first-order chi connectivity index (χ1) is 9.60. The van der Waals surface area contributed by atoms with Gasteiger partial charge in [0.15, 0.2) is 0 Å². The topological polar surface area (TPSA) is 111 Å². The molecule has 0 amide bonds. The molecule has 0 saturated carbocycles. The van der Waals surface area contributed by atoms with Crippen LogP contribution in [0, 0.1) is 6.92 Å². The number of aliphatic carboxylic acids is 1. The fourth-order valence-electron chi connectivity index (χ4n) is 1.61. The molecule has 106 valence electrons. The number of carbonyl (C=O) groups is 1. The van der Waals surface area contributed by atoms with Gasteiger partial charge in [-0.2, -0.15) is 10.2 Å². The van der Waals surface area contributed by atoms with Gasteiger partial charge < -0.3 is 14.3 Å². The summed E-state index contributed by atoms with van der Waals surface area (Å²) in [5, 5.41) is 24.3. The summed E-state index contributed by atoms with van der Waals surface area (Å²) < 4.78 is 10.3. The van der Waals surface area contributed by atoms with Gasteiger partial charge in [0.1, 0.15) is 13.2 Å². The zero-order chi connectivity index (χ0) is 14.5. The van der Waals surface area contributed by atoms with Crippen LogP contribution in [0.1, 0.15) is 24.2 Å². The average Bonchev–Trinajstić information content (AvgIpc) is 2.87. The predicted octanol–water partition coefficient (Wildman–Crippen LogP) is 0.999. The Labute approximate surface area is 114 Å². The van der Waals surface area contributed by atoms with E-state index in [4.69, 9.17) is 14.3 Å².